The van der Waals surface area contributed by atoms with Crippen LogP contribution >= 0.6 is 15.9 Å². The quantitative estimate of drug-likeness (QED) is 0.364. The number of likely N-dealkylation sites (N-methyl/N-ethyl adjacent to an activating group) is 1. The molecule has 1 aromatic rings. The molecule has 0 aliphatic carbocycles. The summed E-state index contributed by atoms with van der Waals surface area (Å²) in [6.45, 7) is 5.35. The van der Waals surface area contributed by atoms with Gasteiger partial charge >= 0.3 is 0 Å². The summed E-state index contributed by atoms with van der Waals surface area (Å²) < 4.78 is 6.47. The zero-order valence-corrected chi connectivity index (χ0v) is 13.0. The fraction of sp³-hybridized carbons (Fsp3) is 0.462. The van der Waals surface area contributed by atoms with Gasteiger partial charge in [-0.05, 0) is 32.0 Å². The number of ether oxygens (including phenoxy) is 1. The van der Waals surface area contributed by atoms with E-state index in [-0.39, 0.29) is 11.9 Å². The summed E-state index contributed by atoms with van der Waals surface area (Å²) >= 11 is 3.43. The molecule has 1 rings (SSSR count). The van der Waals surface area contributed by atoms with E-state index in [4.69, 9.17) is 15.7 Å². The lowest BCUT2D eigenvalue weighted by atomic mass is 10.1. The molecule has 0 atom stereocenters. The SMILES string of the molecule is CC(C)OCCN(C)c1cc(Br)ccc1/C(N)=N/O. The van der Waals surface area contributed by atoms with Crippen LogP contribution in [0.2, 0.25) is 0 Å². The zero-order valence-electron chi connectivity index (χ0n) is 11.4. The summed E-state index contributed by atoms with van der Waals surface area (Å²) in [5.41, 5.74) is 7.27. The average molecular weight is 330 g/mol. The Balaban J connectivity index is 2.88. The van der Waals surface area contributed by atoms with Crippen LogP contribution in [0.1, 0.15) is 19.4 Å². The van der Waals surface area contributed by atoms with Crippen LogP contribution in [0.5, 0.6) is 0 Å². The van der Waals surface area contributed by atoms with Crippen LogP contribution in [0.15, 0.2) is 27.8 Å². The van der Waals surface area contributed by atoms with Crippen molar-refractivity contribution in [3.8, 4) is 0 Å². The summed E-state index contributed by atoms with van der Waals surface area (Å²) in [7, 11) is 1.94. The number of oxime groups is 1. The van der Waals surface area contributed by atoms with Crippen molar-refractivity contribution >= 4 is 27.5 Å². The number of halogens is 1. The molecule has 6 heteroatoms. The highest BCUT2D eigenvalue weighted by atomic mass is 79.9. The minimum absolute atomic E-state index is 0.0964. The van der Waals surface area contributed by atoms with Crippen LogP contribution in [0.25, 0.3) is 0 Å². The fourth-order valence-electron chi connectivity index (χ4n) is 1.64. The first-order valence-corrected chi connectivity index (χ1v) is 6.85. The first-order chi connectivity index (χ1) is 8.95. The van der Waals surface area contributed by atoms with Crippen LogP contribution in [0.4, 0.5) is 5.69 Å². The van der Waals surface area contributed by atoms with Crippen LogP contribution in [-0.4, -0.2) is 37.3 Å². The summed E-state index contributed by atoms with van der Waals surface area (Å²) in [5, 5.41) is 11.9. The van der Waals surface area contributed by atoms with Gasteiger partial charge < -0.3 is 20.6 Å². The van der Waals surface area contributed by atoms with Gasteiger partial charge in [0.1, 0.15) is 0 Å². The van der Waals surface area contributed by atoms with Gasteiger partial charge in [0.2, 0.25) is 0 Å². The Morgan fingerprint density at radius 2 is 2.21 bits per heavy atom. The monoisotopic (exact) mass is 329 g/mol. The molecule has 3 N–H and O–H groups in total. The van der Waals surface area contributed by atoms with Gasteiger partial charge in [-0.15, -0.1) is 0 Å². The second kappa shape index (κ2) is 7.35. The predicted molar refractivity (Wildman–Crippen MR) is 81.0 cm³/mol. The van der Waals surface area contributed by atoms with Crippen molar-refractivity contribution in [2.24, 2.45) is 10.9 Å². The van der Waals surface area contributed by atoms with Gasteiger partial charge in [0.15, 0.2) is 5.84 Å². The molecule has 0 aliphatic rings. The van der Waals surface area contributed by atoms with E-state index in [0.29, 0.717) is 12.2 Å². The van der Waals surface area contributed by atoms with Gasteiger partial charge in [0, 0.05) is 29.3 Å². The lowest BCUT2D eigenvalue weighted by Crippen LogP contribution is -2.27. The molecular weight excluding hydrogens is 310 g/mol. The van der Waals surface area contributed by atoms with Gasteiger partial charge in [0.25, 0.3) is 0 Å². The van der Waals surface area contributed by atoms with E-state index in [1.165, 1.54) is 0 Å². The van der Waals surface area contributed by atoms with Crippen LogP contribution in [0.3, 0.4) is 0 Å². The zero-order chi connectivity index (χ0) is 14.4. The minimum atomic E-state index is 0.0964. The summed E-state index contributed by atoms with van der Waals surface area (Å²) in [5.74, 6) is 0.0964. The van der Waals surface area contributed by atoms with Gasteiger partial charge in [-0.25, -0.2) is 0 Å². The fourth-order valence-corrected chi connectivity index (χ4v) is 1.99. The number of nitrogens with zero attached hydrogens (tertiary/aromatic N) is 2. The molecule has 19 heavy (non-hydrogen) atoms. The third kappa shape index (κ3) is 4.72. The number of amidine groups is 1. The molecule has 0 amide bonds. The van der Waals surface area contributed by atoms with Gasteiger partial charge in [-0.2, -0.15) is 0 Å². The topological polar surface area (TPSA) is 71.1 Å². The van der Waals surface area contributed by atoms with Crippen molar-refractivity contribution in [2.45, 2.75) is 20.0 Å². The van der Waals surface area contributed by atoms with Gasteiger partial charge in [-0.1, -0.05) is 21.1 Å². The largest absolute Gasteiger partial charge is 0.409 e. The molecule has 0 heterocycles. The first kappa shape index (κ1) is 15.8. The molecule has 0 saturated carbocycles. The molecule has 106 valence electrons. The van der Waals surface area contributed by atoms with Crippen LogP contribution in [-0.2, 0) is 4.74 Å². The Morgan fingerprint density at radius 3 is 2.79 bits per heavy atom. The number of hydrogen-bond donors (Lipinski definition) is 2. The standard InChI is InChI=1S/C13H20BrN3O2/c1-9(2)19-7-6-17(3)12-8-10(14)4-5-11(12)13(15)16-18/h4-5,8-9,18H,6-7H2,1-3H3,(H2,15,16). The Bertz CT molecular complexity index is 450. The molecule has 0 aliphatic heterocycles. The number of hydrogen-bond acceptors (Lipinski definition) is 4. The maximum Gasteiger partial charge on any atom is 0.172 e. The van der Waals surface area contributed by atoms with E-state index in [9.17, 15) is 0 Å². The van der Waals surface area contributed by atoms with Crippen molar-refractivity contribution in [2.75, 3.05) is 25.1 Å². The van der Waals surface area contributed by atoms with Crippen molar-refractivity contribution in [1.82, 2.24) is 0 Å². The third-order valence-electron chi connectivity index (χ3n) is 2.63. The van der Waals surface area contributed by atoms with E-state index in [1.54, 1.807) is 0 Å². The molecule has 0 spiro atoms. The van der Waals surface area contributed by atoms with E-state index in [0.717, 1.165) is 16.7 Å². The highest BCUT2D eigenvalue weighted by Gasteiger charge is 2.12. The molecule has 0 saturated heterocycles. The number of nitrogens with two attached hydrogens (primary N) is 1. The molecule has 0 radical (unpaired) electrons. The Hall–Kier alpha value is -1.27. The maximum atomic E-state index is 8.82. The molecule has 0 unspecified atom stereocenters. The van der Waals surface area contributed by atoms with Crippen molar-refractivity contribution in [1.29, 1.82) is 0 Å². The smallest absolute Gasteiger partial charge is 0.172 e. The molecule has 0 fully saturated rings. The van der Waals surface area contributed by atoms with Gasteiger partial charge in [0.05, 0.1) is 12.7 Å². The highest BCUT2D eigenvalue weighted by molar-refractivity contribution is 9.10. The maximum absolute atomic E-state index is 8.82. The number of anilines is 1. The van der Waals surface area contributed by atoms with E-state index < -0.39 is 0 Å². The van der Waals surface area contributed by atoms with Gasteiger partial charge in [-0.3, -0.25) is 0 Å². The lowest BCUT2D eigenvalue weighted by Gasteiger charge is -2.23. The Morgan fingerprint density at radius 1 is 1.53 bits per heavy atom. The average Bonchev–Trinajstić information content (AvgIpc) is 2.37. The predicted octanol–water partition coefficient (Wildman–Crippen LogP) is 2.40. The van der Waals surface area contributed by atoms with Crippen molar-refractivity contribution in [3.63, 3.8) is 0 Å². The molecule has 5 nitrogen and oxygen atoms in total. The normalized spacial score (nSPS) is 11.9. The summed E-state index contributed by atoms with van der Waals surface area (Å²) in [4.78, 5) is 2.01. The number of rotatable bonds is 6. The minimum Gasteiger partial charge on any atom is -0.409 e. The third-order valence-corrected chi connectivity index (χ3v) is 3.13. The summed E-state index contributed by atoms with van der Waals surface area (Å²) in [6, 6.07) is 5.60. The molecule has 1 aromatic carbocycles. The van der Waals surface area contributed by atoms with Crippen molar-refractivity contribution < 1.29 is 9.94 Å². The van der Waals surface area contributed by atoms with E-state index >= 15 is 0 Å². The molecule has 0 aromatic heterocycles. The second-order valence-corrected chi connectivity index (χ2v) is 5.40. The van der Waals surface area contributed by atoms with Crippen LogP contribution < -0.4 is 10.6 Å². The molecular formula is C13H20BrN3O2. The van der Waals surface area contributed by atoms with E-state index in [1.807, 2.05) is 44.0 Å². The Labute approximate surface area is 122 Å². The lowest BCUT2D eigenvalue weighted by molar-refractivity contribution is 0.0846. The first-order valence-electron chi connectivity index (χ1n) is 6.06. The highest BCUT2D eigenvalue weighted by Crippen LogP contribution is 2.24. The molecule has 0 bridgehead atoms. The summed E-state index contributed by atoms with van der Waals surface area (Å²) in [6.07, 6.45) is 0.208. The van der Waals surface area contributed by atoms with Crippen LogP contribution in [0, 0.1) is 0 Å². The number of benzene rings is 1. The second-order valence-electron chi connectivity index (χ2n) is 4.49. The van der Waals surface area contributed by atoms with Crippen molar-refractivity contribution in [3.05, 3.63) is 28.2 Å². The Kier molecular flexibility index (Phi) is 6.11. The van der Waals surface area contributed by atoms with E-state index in [2.05, 4.69) is 21.1 Å².